The summed E-state index contributed by atoms with van der Waals surface area (Å²) in [4.78, 5) is 28.4. The minimum atomic E-state index is -1.06. The van der Waals surface area contributed by atoms with Crippen molar-refractivity contribution in [2.45, 2.75) is 107 Å². The van der Waals surface area contributed by atoms with Gasteiger partial charge in [0.15, 0.2) is 17.7 Å². The fourth-order valence-electron chi connectivity index (χ4n) is 13.0. The molecule has 2 fully saturated rings. The number of aliphatic hydroxyl groups excluding tert-OH is 3. The number of carbonyl (C=O) groups is 2. The normalized spacial score (nSPS) is 24.9. The molecule has 0 bridgehead atoms. The Balaban J connectivity index is 0.974. The van der Waals surface area contributed by atoms with Crippen LogP contribution in [0.25, 0.3) is 11.1 Å². The molecule has 68 heavy (non-hydrogen) atoms. The van der Waals surface area contributed by atoms with Crippen LogP contribution >= 0.6 is 0 Å². The van der Waals surface area contributed by atoms with E-state index in [1.165, 1.54) is 19.3 Å². The summed E-state index contributed by atoms with van der Waals surface area (Å²) in [7, 11) is 3.10. The molecule has 0 aromatic heterocycles. The number of phenols is 1. The number of carbonyl (C=O) groups excluding carboxylic acids is 2. The monoisotopic (exact) mass is 929 g/mol. The first kappa shape index (κ1) is 46.0. The average Bonchev–Trinajstić information content (AvgIpc) is 3.71. The van der Waals surface area contributed by atoms with Crippen LogP contribution in [-0.4, -0.2) is 90.0 Å². The first-order chi connectivity index (χ1) is 33.1. The van der Waals surface area contributed by atoms with Crippen LogP contribution in [0.4, 0.5) is 5.69 Å². The van der Waals surface area contributed by atoms with Gasteiger partial charge in [-0.3, -0.25) is 19.8 Å². The third kappa shape index (κ3) is 7.55. The van der Waals surface area contributed by atoms with E-state index in [1.807, 2.05) is 37.3 Å². The quantitative estimate of drug-likeness (QED) is 0.0392. The summed E-state index contributed by atoms with van der Waals surface area (Å²) in [5, 5.41) is 53.6. The fraction of sp³-hybridized carbons (Fsp3) is 0.481. The Hall–Kier alpha value is -5.80. The number of aliphatic hydroxyl groups is 3. The van der Waals surface area contributed by atoms with Crippen molar-refractivity contribution in [1.82, 2.24) is 10.2 Å². The second-order valence-electron chi connectivity index (χ2n) is 19.4. The van der Waals surface area contributed by atoms with Gasteiger partial charge in [0.25, 0.3) is 11.8 Å². The van der Waals surface area contributed by atoms with Crippen molar-refractivity contribution in [3.63, 3.8) is 0 Å². The summed E-state index contributed by atoms with van der Waals surface area (Å²) in [5.74, 6) is 0.285. The summed E-state index contributed by atoms with van der Waals surface area (Å²) in [6.07, 6.45) is 9.44. The fourth-order valence-corrected chi connectivity index (χ4v) is 13.0. The lowest BCUT2D eigenvalue weighted by Crippen LogP contribution is -2.60. The molecule has 6 atom stereocenters. The summed E-state index contributed by atoms with van der Waals surface area (Å²) in [5.41, 5.74) is 6.03. The van der Waals surface area contributed by atoms with Crippen molar-refractivity contribution in [2.75, 3.05) is 52.6 Å². The van der Waals surface area contributed by atoms with Crippen LogP contribution < -0.4 is 34.3 Å². The van der Waals surface area contributed by atoms with Gasteiger partial charge < -0.3 is 49.4 Å². The zero-order valence-electron chi connectivity index (χ0n) is 39.1. The molecule has 0 radical (unpaired) electrons. The predicted octanol–water partition coefficient (Wildman–Crippen LogP) is 7.49. The maximum Gasteiger partial charge on any atom is 0.254 e. The molecule has 6 N–H and O–H groups in total. The third-order valence-corrected chi connectivity index (χ3v) is 16.2. The molecule has 3 aliphatic heterocycles. The van der Waals surface area contributed by atoms with Gasteiger partial charge in [0.05, 0.1) is 44.6 Å². The van der Waals surface area contributed by atoms with E-state index in [0.29, 0.717) is 65.4 Å². The summed E-state index contributed by atoms with van der Waals surface area (Å²) < 4.78 is 30.9. The van der Waals surface area contributed by atoms with Gasteiger partial charge in [-0.2, -0.15) is 0 Å². The van der Waals surface area contributed by atoms with E-state index in [0.717, 1.165) is 79.2 Å². The van der Waals surface area contributed by atoms with E-state index in [-0.39, 0.29) is 61.5 Å². The first-order valence-corrected chi connectivity index (χ1v) is 24.4. The second-order valence-corrected chi connectivity index (χ2v) is 19.4. The lowest BCUT2D eigenvalue weighted by atomic mass is 9.55. The number of nitrogens with zero attached hydrogens (tertiary/aromatic N) is 1. The molecule has 0 spiro atoms. The SMILES string of the molecule is CCNCOc1cc(OC)c2c3c1C(O)Nc1cc4c(c(c1-3)CC2)C(O)C(c1cc(OC)c(O)c(OCC(CO)C2(c3ccccc3)CCCC(C3(N5C(=O)C=CC5=O)CCCCC3)C2)c1)CO4. The number of hydrogen-bond acceptors (Lipinski definition) is 13. The Kier molecular flexibility index (Phi) is 12.6. The van der Waals surface area contributed by atoms with Gasteiger partial charge in [-0.1, -0.05) is 62.9 Å². The number of imide groups is 1. The number of rotatable bonds is 15. The zero-order valence-corrected chi connectivity index (χ0v) is 39.1. The van der Waals surface area contributed by atoms with Gasteiger partial charge in [0, 0.05) is 76.1 Å². The van der Waals surface area contributed by atoms with E-state index in [4.69, 9.17) is 23.7 Å². The molecule has 14 nitrogen and oxygen atoms in total. The van der Waals surface area contributed by atoms with Crippen LogP contribution in [0.15, 0.2) is 66.7 Å². The van der Waals surface area contributed by atoms with Crippen LogP contribution in [0.3, 0.4) is 0 Å². The number of methoxy groups -OCH3 is 2. The number of hydrogen-bond donors (Lipinski definition) is 6. The summed E-state index contributed by atoms with van der Waals surface area (Å²) in [6, 6.07) is 17.3. The average molecular weight is 930 g/mol. The predicted molar refractivity (Wildman–Crippen MR) is 254 cm³/mol. The highest BCUT2D eigenvalue weighted by atomic mass is 16.5. The van der Waals surface area contributed by atoms with Crippen LogP contribution in [0.2, 0.25) is 0 Å². The number of amides is 2. The molecule has 3 heterocycles. The van der Waals surface area contributed by atoms with E-state index in [9.17, 15) is 30.0 Å². The number of ether oxygens (including phenoxy) is 5. The van der Waals surface area contributed by atoms with Crippen molar-refractivity contribution in [3.05, 3.63) is 100 Å². The summed E-state index contributed by atoms with van der Waals surface area (Å²) >= 11 is 0. The summed E-state index contributed by atoms with van der Waals surface area (Å²) in [6.45, 7) is 2.89. The van der Waals surface area contributed by atoms with Gasteiger partial charge in [-0.15, -0.1) is 0 Å². The molecule has 4 aromatic rings. The van der Waals surface area contributed by atoms with Crippen LogP contribution in [0.1, 0.15) is 116 Å². The molecular formula is C54H63N3O11. The highest BCUT2D eigenvalue weighted by Gasteiger charge is 2.55. The Bertz CT molecular complexity index is 2590. The van der Waals surface area contributed by atoms with E-state index >= 15 is 0 Å². The molecule has 2 amide bonds. The molecule has 14 heteroatoms. The molecule has 4 aromatic carbocycles. The Morgan fingerprint density at radius 1 is 0.853 bits per heavy atom. The van der Waals surface area contributed by atoms with Crippen molar-refractivity contribution >= 4 is 17.5 Å². The van der Waals surface area contributed by atoms with Crippen LogP contribution in [0, 0.1) is 11.8 Å². The van der Waals surface area contributed by atoms with Gasteiger partial charge in [-0.05, 0) is 86.2 Å². The third-order valence-electron chi connectivity index (χ3n) is 16.2. The van der Waals surface area contributed by atoms with E-state index in [2.05, 4.69) is 22.8 Å². The molecule has 2 saturated carbocycles. The van der Waals surface area contributed by atoms with Crippen molar-refractivity contribution < 1.29 is 53.7 Å². The maximum absolute atomic E-state index is 13.4. The number of phenolic OH excluding ortho intramolecular Hbond substituents is 1. The first-order valence-electron chi connectivity index (χ1n) is 24.4. The molecule has 6 aliphatic rings. The maximum atomic E-state index is 13.4. The molecule has 6 unspecified atom stereocenters. The zero-order chi connectivity index (χ0) is 47.3. The molecule has 10 rings (SSSR count). The van der Waals surface area contributed by atoms with Crippen molar-refractivity contribution in [1.29, 1.82) is 0 Å². The Morgan fingerprint density at radius 2 is 1.59 bits per heavy atom. The van der Waals surface area contributed by atoms with Crippen LogP contribution in [0.5, 0.6) is 34.5 Å². The van der Waals surface area contributed by atoms with Crippen molar-refractivity contribution in [3.8, 4) is 45.6 Å². The minimum absolute atomic E-state index is 0.00311. The van der Waals surface area contributed by atoms with Crippen molar-refractivity contribution in [2.24, 2.45) is 11.8 Å². The minimum Gasteiger partial charge on any atom is -0.502 e. The lowest BCUT2D eigenvalue weighted by molar-refractivity contribution is -0.151. The molecular weight excluding hydrogens is 867 g/mol. The standard InChI is InChI=1S/C54H63N3O11/c1-4-55-30-68-41-25-39(64-2)35-15-16-36-46-38(56-52(63)49(41)48(35)46)24-40-47(36)50(61)37(29-67-40)31-22-42(65-3)51(62)43(23-31)66-28-34(27-58)53(32-12-7-5-8-13-32)19-11-14-33(26-53)54(20-9-6-10-21-54)57-44(59)17-18-45(57)60/h5,7-8,12-13,17-18,22-25,33-34,37,50,52,55-56,58,61-63H,4,6,9-11,14-16,19-21,26-30H2,1-3H3. The molecule has 0 saturated heterocycles. The molecule has 360 valence electrons. The Morgan fingerprint density at radius 3 is 2.31 bits per heavy atom. The number of anilines is 1. The number of aromatic hydroxyl groups is 1. The van der Waals surface area contributed by atoms with Gasteiger partial charge >= 0.3 is 0 Å². The van der Waals surface area contributed by atoms with Gasteiger partial charge in [0.2, 0.25) is 5.75 Å². The number of nitrogens with one attached hydrogen (secondary N) is 2. The number of benzene rings is 4. The van der Waals surface area contributed by atoms with E-state index < -0.39 is 35.1 Å². The van der Waals surface area contributed by atoms with Crippen LogP contribution in [-0.2, 0) is 27.8 Å². The largest absolute Gasteiger partial charge is 0.502 e. The lowest BCUT2D eigenvalue weighted by Gasteiger charge is -2.55. The van der Waals surface area contributed by atoms with Gasteiger partial charge in [0.1, 0.15) is 24.0 Å². The molecule has 3 aliphatic carbocycles. The topological polar surface area (TPSA) is 189 Å². The highest BCUT2D eigenvalue weighted by Crippen LogP contribution is 2.59. The highest BCUT2D eigenvalue weighted by molar-refractivity contribution is 6.13. The van der Waals surface area contributed by atoms with E-state index in [1.54, 1.807) is 24.1 Å². The van der Waals surface area contributed by atoms with Gasteiger partial charge in [-0.25, -0.2) is 0 Å². The second kappa shape index (κ2) is 18.6. The number of fused-ring (bicyclic) bond motifs is 2. The smallest absolute Gasteiger partial charge is 0.254 e. The Labute approximate surface area is 397 Å².